The fraction of sp³-hybridized carbons (Fsp3) is 0.682. The number of carbonyl (C=O) groups is 1. The van der Waals surface area contributed by atoms with E-state index in [0.717, 1.165) is 75.1 Å². The van der Waals surface area contributed by atoms with Crippen LogP contribution in [0.25, 0.3) is 0 Å². The van der Waals surface area contributed by atoms with E-state index in [1.807, 2.05) is 12.1 Å². The van der Waals surface area contributed by atoms with E-state index in [0.29, 0.717) is 6.54 Å². The fourth-order valence-corrected chi connectivity index (χ4v) is 5.10. The van der Waals surface area contributed by atoms with Crippen LogP contribution < -0.4 is 14.8 Å². The average Bonchev–Trinajstić information content (AvgIpc) is 3.16. The van der Waals surface area contributed by atoms with Gasteiger partial charge in [-0.05, 0) is 43.4 Å². The highest BCUT2D eigenvalue weighted by molar-refractivity contribution is 5.78. The molecule has 28 heavy (non-hydrogen) atoms. The first-order valence-corrected chi connectivity index (χ1v) is 10.7. The normalized spacial score (nSPS) is 29.4. The molecule has 0 unspecified atom stereocenters. The molecule has 2 fully saturated rings. The monoisotopic (exact) mass is 388 g/mol. The van der Waals surface area contributed by atoms with Crippen LogP contribution in [0.2, 0.25) is 0 Å². The van der Waals surface area contributed by atoms with Crippen LogP contribution in [0.4, 0.5) is 0 Å². The van der Waals surface area contributed by atoms with Crippen molar-refractivity contribution in [2.75, 3.05) is 26.4 Å². The number of aliphatic hydroxyl groups is 1. The highest BCUT2D eigenvalue weighted by Crippen LogP contribution is 2.50. The highest BCUT2D eigenvalue weighted by Gasteiger charge is 2.49. The van der Waals surface area contributed by atoms with Gasteiger partial charge >= 0.3 is 0 Å². The number of nitrogens with zero attached hydrogens (tertiary/aromatic N) is 1. The maximum absolute atomic E-state index is 12.5. The Labute approximate surface area is 167 Å². The van der Waals surface area contributed by atoms with E-state index in [-0.39, 0.29) is 24.7 Å². The number of hydrogen-bond donors (Lipinski definition) is 2. The van der Waals surface area contributed by atoms with Crippen molar-refractivity contribution in [1.82, 2.24) is 10.2 Å². The third-order valence-electron chi connectivity index (χ3n) is 6.61. The van der Waals surface area contributed by atoms with Crippen LogP contribution in [0, 0.1) is 5.92 Å². The van der Waals surface area contributed by atoms with Gasteiger partial charge in [-0.3, -0.25) is 9.69 Å². The lowest BCUT2D eigenvalue weighted by Gasteiger charge is -2.52. The number of carbonyl (C=O) groups excluding carboxylic acids is 1. The van der Waals surface area contributed by atoms with Gasteiger partial charge in [0.2, 0.25) is 12.7 Å². The largest absolute Gasteiger partial charge is 0.454 e. The predicted molar refractivity (Wildman–Crippen MR) is 106 cm³/mol. The molecule has 1 amide bonds. The molecule has 0 aromatic heterocycles. The summed E-state index contributed by atoms with van der Waals surface area (Å²) in [5, 5.41) is 14.4. The Bertz CT molecular complexity index is 710. The Hall–Kier alpha value is -1.79. The maximum atomic E-state index is 12.5. The molecule has 6 heteroatoms. The van der Waals surface area contributed by atoms with Crippen molar-refractivity contribution in [2.45, 2.75) is 63.5 Å². The molecule has 6 nitrogen and oxygen atoms in total. The van der Waals surface area contributed by atoms with Gasteiger partial charge in [-0.15, -0.1) is 0 Å². The topological polar surface area (TPSA) is 71.0 Å². The zero-order valence-electron chi connectivity index (χ0n) is 16.8. The van der Waals surface area contributed by atoms with Crippen molar-refractivity contribution in [1.29, 1.82) is 0 Å². The number of piperidine rings is 1. The summed E-state index contributed by atoms with van der Waals surface area (Å²) < 4.78 is 11.1. The van der Waals surface area contributed by atoms with Gasteiger partial charge in [-0.1, -0.05) is 32.3 Å². The fourth-order valence-electron chi connectivity index (χ4n) is 5.10. The van der Waals surface area contributed by atoms with E-state index in [4.69, 9.17) is 9.47 Å². The summed E-state index contributed by atoms with van der Waals surface area (Å²) in [5.41, 5.74) is 0.477. The van der Waals surface area contributed by atoms with Crippen LogP contribution in [0.3, 0.4) is 0 Å². The van der Waals surface area contributed by atoms with Gasteiger partial charge < -0.3 is 19.9 Å². The summed E-state index contributed by atoms with van der Waals surface area (Å²) in [6.07, 6.45) is 6.86. The lowest BCUT2D eigenvalue weighted by atomic mass is 9.66. The van der Waals surface area contributed by atoms with E-state index in [2.05, 4.69) is 23.2 Å². The van der Waals surface area contributed by atoms with Crippen molar-refractivity contribution in [2.24, 2.45) is 5.92 Å². The molecule has 2 aliphatic heterocycles. The maximum Gasteiger partial charge on any atom is 0.234 e. The molecule has 1 aliphatic carbocycles. The number of ether oxygens (including phenoxy) is 2. The van der Waals surface area contributed by atoms with Gasteiger partial charge in [0.25, 0.3) is 0 Å². The van der Waals surface area contributed by atoms with E-state index in [9.17, 15) is 9.90 Å². The van der Waals surface area contributed by atoms with Crippen molar-refractivity contribution < 1.29 is 19.4 Å². The van der Waals surface area contributed by atoms with Gasteiger partial charge in [0.1, 0.15) is 0 Å². The van der Waals surface area contributed by atoms with E-state index in [1.54, 1.807) is 0 Å². The molecule has 0 spiro atoms. The number of fused-ring (bicyclic) bond motifs is 2. The summed E-state index contributed by atoms with van der Waals surface area (Å²) in [4.78, 5) is 14.8. The molecule has 2 N–H and O–H groups in total. The Kier molecular flexibility index (Phi) is 5.78. The van der Waals surface area contributed by atoms with E-state index >= 15 is 0 Å². The first kappa shape index (κ1) is 19.5. The summed E-state index contributed by atoms with van der Waals surface area (Å²) >= 11 is 0. The molecule has 3 aliphatic rings. The van der Waals surface area contributed by atoms with Crippen LogP contribution in [-0.4, -0.2) is 47.9 Å². The van der Waals surface area contributed by atoms with Gasteiger partial charge in [-0.2, -0.15) is 0 Å². The second-order valence-corrected chi connectivity index (χ2v) is 8.44. The lowest BCUT2D eigenvalue weighted by molar-refractivity contribution is -0.137. The zero-order valence-corrected chi connectivity index (χ0v) is 16.8. The van der Waals surface area contributed by atoms with Crippen LogP contribution in [0.15, 0.2) is 18.2 Å². The van der Waals surface area contributed by atoms with Crippen molar-refractivity contribution in [3.05, 3.63) is 23.8 Å². The number of hydrogen-bond acceptors (Lipinski definition) is 5. The molecule has 3 atom stereocenters. The molecule has 0 radical (unpaired) electrons. The van der Waals surface area contributed by atoms with Crippen LogP contribution >= 0.6 is 0 Å². The second kappa shape index (κ2) is 8.29. The quantitative estimate of drug-likeness (QED) is 0.733. The van der Waals surface area contributed by atoms with Crippen molar-refractivity contribution >= 4 is 5.91 Å². The lowest BCUT2D eigenvalue weighted by Crippen LogP contribution is -2.56. The molecule has 1 aromatic rings. The Morgan fingerprint density at radius 1 is 1.29 bits per heavy atom. The SMILES string of the molecule is CCCCNC(=O)CN1CC[C@@]2(O)CCCC[C@H]2[C@@H]1c1ccc2c(c1)OCO2. The van der Waals surface area contributed by atoms with Gasteiger partial charge in [0, 0.05) is 25.0 Å². The second-order valence-electron chi connectivity index (χ2n) is 8.44. The smallest absolute Gasteiger partial charge is 0.234 e. The number of rotatable bonds is 6. The molecule has 2 heterocycles. The number of benzene rings is 1. The average molecular weight is 389 g/mol. The third kappa shape index (κ3) is 3.85. The Balaban J connectivity index is 1.58. The van der Waals surface area contributed by atoms with Crippen molar-refractivity contribution in [3.63, 3.8) is 0 Å². The zero-order chi connectivity index (χ0) is 19.6. The van der Waals surface area contributed by atoms with Gasteiger partial charge in [0.15, 0.2) is 11.5 Å². The predicted octanol–water partition coefficient (Wildman–Crippen LogP) is 3.00. The highest BCUT2D eigenvalue weighted by atomic mass is 16.7. The molecule has 1 saturated heterocycles. The number of nitrogens with one attached hydrogen (secondary N) is 1. The van der Waals surface area contributed by atoms with E-state index < -0.39 is 5.60 Å². The molecular formula is C22H32N2O4. The third-order valence-corrected chi connectivity index (χ3v) is 6.61. The number of unbranched alkanes of at least 4 members (excludes halogenated alkanes) is 1. The summed E-state index contributed by atoms with van der Waals surface area (Å²) in [7, 11) is 0. The summed E-state index contributed by atoms with van der Waals surface area (Å²) in [6, 6.07) is 6.08. The molecular weight excluding hydrogens is 356 g/mol. The molecule has 154 valence electrons. The molecule has 0 bridgehead atoms. The summed E-state index contributed by atoms with van der Waals surface area (Å²) in [5.74, 6) is 1.73. The summed E-state index contributed by atoms with van der Waals surface area (Å²) in [6.45, 7) is 4.20. The number of likely N-dealkylation sites (tertiary alicyclic amines) is 1. The molecule has 1 saturated carbocycles. The first-order chi connectivity index (χ1) is 13.6. The van der Waals surface area contributed by atoms with Crippen LogP contribution in [0.5, 0.6) is 11.5 Å². The van der Waals surface area contributed by atoms with Gasteiger partial charge in [-0.25, -0.2) is 0 Å². The van der Waals surface area contributed by atoms with Crippen molar-refractivity contribution in [3.8, 4) is 11.5 Å². The minimum absolute atomic E-state index is 0.0190. The minimum atomic E-state index is -0.630. The van der Waals surface area contributed by atoms with E-state index in [1.165, 1.54) is 0 Å². The van der Waals surface area contributed by atoms with Crippen LogP contribution in [0.1, 0.15) is 63.5 Å². The first-order valence-electron chi connectivity index (χ1n) is 10.7. The van der Waals surface area contributed by atoms with Gasteiger partial charge in [0.05, 0.1) is 12.1 Å². The standard InChI is InChI=1S/C22H32N2O4/c1-2-3-11-23-20(25)14-24-12-10-22(26)9-5-4-6-17(22)21(24)16-7-8-18-19(13-16)28-15-27-18/h7-8,13,17,21,26H,2-6,9-12,14-15H2,1H3,(H,23,25)/t17-,21-,22-/m0/s1. The minimum Gasteiger partial charge on any atom is -0.454 e. The van der Waals surface area contributed by atoms with Crippen LogP contribution in [-0.2, 0) is 4.79 Å². The number of amides is 1. The Morgan fingerprint density at radius 3 is 3.00 bits per heavy atom. The Morgan fingerprint density at radius 2 is 2.14 bits per heavy atom. The molecule has 4 rings (SSSR count). The molecule has 1 aromatic carbocycles.